The van der Waals surface area contributed by atoms with E-state index in [-0.39, 0.29) is 0 Å². The Kier molecular flexibility index (Phi) is 20.8. The molecule has 3 nitrogen and oxygen atoms in total. The fourth-order valence-electron chi connectivity index (χ4n) is 2.60. The van der Waals surface area contributed by atoms with Crippen LogP contribution in [0, 0.1) is 0 Å². The van der Waals surface area contributed by atoms with Gasteiger partial charge in [-0.2, -0.15) is 0 Å². The highest BCUT2D eigenvalue weighted by Crippen LogP contribution is 2.11. The smallest absolute Gasteiger partial charge is 0.0700 e. The fourth-order valence-corrected chi connectivity index (χ4v) is 2.60. The first kappa shape index (κ1) is 21.9. The average Bonchev–Trinajstić information content (AvgIpc) is 2.54. The minimum atomic E-state index is 0.693. The number of ether oxygens (including phenoxy) is 2. The van der Waals surface area contributed by atoms with Crippen molar-refractivity contribution in [3.8, 4) is 0 Å². The Morgan fingerprint density at radius 3 is 1.68 bits per heavy atom. The van der Waals surface area contributed by atoms with Crippen LogP contribution in [-0.4, -0.2) is 40.0 Å². The first-order valence-corrected chi connectivity index (χ1v) is 9.69. The number of hydrogen-bond acceptors (Lipinski definition) is 3. The van der Waals surface area contributed by atoms with Gasteiger partial charge in [-0.25, -0.2) is 0 Å². The van der Waals surface area contributed by atoms with Gasteiger partial charge in [-0.3, -0.25) is 0 Å². The minimum absolute atomic E-state index is 0.693. The number of nitrogens with one attached hydrogen (secondary N) is 1. The van der Waals surface area contributed by atoms with Gasteiger partial charge < -0.3 is 14.8 Å². The van der Waals surface area contributed by atoms with Gasteiger partial charge in [0.25, 0.3) is 0 Å². The molecule has 0 aliphatic heterocycles. The van der Waals surface area contributed by atoms with Crippen LogP contribution in [0.3, 0.4) is 0 Å². The molecule has 0 amide bonds. The molecule has 0 atom stereocenters. The van der Waals surface area contributed by atoms with Crippen molar-refractivity contribution in [2.24, 2.45) is 0 Å². The zero-order valence-electron chi connectivity index (χ0n) is 15.3. The lowest BCUT2D eigenvalue weighted by Crippen LogP contribution is -2.21. The van der Waals surface area contributed by atoms with Crippen molar-refractivity contribution >= 4 is 0 Å². The molecule has 0 fully saturated rings. The topological polar surface area (TPSA) is 30.5 Å². The Hall–Kier alpha value is -0.120. The molecule has 0 unspecified atom stereocenters. The molecule has 0 bridgehead atoms. The van der Waals surface area contributed by atoms with Gasteiger partial charge in [-0.1, -0.05) is 77.6 Å². The third-order valence-electron chi connectivity index (χ3n) is 4.06. The highest BCUT2D eigenvalue weighted by Gasteiger charge is 1.94. The Morgan fingerprint density at radius 1 is 0.591 bits per heavy atom. The summed E-state index contributed by atoms with van der Waals surface area (Å²) < 4.78 is 10.3. The van der Waals surface area contributed by atoms with E-state index in [0.717, 1.165) is 19.7 Å². The maximum Gasteiger partial charge on any atom is 0.0700 e. The molecule has 0 heterocycles. The van der Waals surface area contributed by atoms with Crippen molar-refractivity contribution in [1.29, 1.82) is 0 Å². The van der Waals surface area contributed by atoms with E-state index in [1.807, 2.05) is 0 Å². The molecule has 0 aliphatic carbocycles. The normalized spacial score (nSPS) is 11.2. The van der Waals surface area contributed by atoms with Crippen LogP contribution in [0.25, 0.3) is 0 Å². The molecule has 3 heteroatoms. The molecule has 0 aromatic rings. The van der Waals surface area contributed by atoms with Crippen molar-refractivity contribution in [1.82, 2.24) is 5.32 Å². The summed E-state index contributed by atoms with van der Waals surface area (Å²) in [5, 5.41) is 3.43. The highest BCUT2D eigenvalue weighted by atomic mass is 16.5. The second-order valence-electron chi connectivity index (χ2n) is 6.24. The predicted octanol–water partition coefficient (Wildman–Crippen LogP) is 4.94. The molecule has 0 saturated carbocycles. The summed E-state index contributed by atoms with van der Waals surface area (Å²) in [6.45, 7) is 6.57. The average molecular weight is 316 g/mol. The number of methoxy groups -OCH3 is 1. The quantitative estimate of drug-likeness (QED) is 0.342. The number of hydrogen-bond donors (Lipinski definition) is 1. The molecular formula is C19H41NO2. The van der Waals surface area contributed by atoms with Gasteiger partial charge in [0.05, 0.1) is 19.8 Å². The zero-order valence-corrected chi connectivity index (χ0v) is 15.3. The summed E-state index contributed by atoms with van der Waals surface area (Å²) in [6.07, 6.45) is 17.0. The Bertz CT molecular complexity index is 168. The monoisotopic (exact) mass is 315 g/mol. The minimum Gasteiger partial charge on any atom is -0.382 e. The summed E-state index contributed by atoms with van der Waals surface area (Å²) >= 11 is 0. The van der Waals surface area contributed by atoms with E-state index in [0.29, 0.717) is 13.2 Å². The molecule has 0 rings (SSSR count). The van der Waals surface area contributed by atoms with E-state index in [2.05, 4.69) is 12.2 Å². The van der Waals surface area contributed by atoms with Crippen LogP contribution in [0.4, 0.5) is 0 Å². The third kappa shape index (κ3) is 19.9. The van der Waals surface area contributed by atoms with Crippen molar-refractivity contribution in [2.45, 2.75) is 84.0 Å². The van der Waals surface area contributed by atoms with Crippen molar-refractivity contribution in [3.63, 3.8) is 0 Å². The maximum atomic E-state index is 5.40. The summed E-state index contributed by atoms with van der Waals surface area (Å²) in [5.74, 6) is 0. The second-order valence-corrected chi connectivity index (χ2v) is 6.24. The molecule has 0 aliphatic rings. The van der Waals surface area contributed by atoms with E-state index in [9.17, 15) is 0 Å². The summed E-state index contributed by atoms with van der Waals surface area (Å²) in [5.41, 5.74) is 0. The lowest BCUT2D eigenvalue weighted by molar-refractivity contribution is 0.0720. The Labute approximate surface area is 139 Å². The molecular weight excluding hydrogens is 274 g/mol. The van der Waals surface area contributed by atoms with E-state index in [4.69, 9.17) is 9.47 Å². The zero-order chi connectivity index (χ0) is 16.1. The number of rotatable bonds is 19. The van der Waals surface area contributed by atoms with Crippen molar-refractivity contribution in [2.75, 3.05) is 40.0 Å². The Morgan fingerprint density at radius 2 is 1.14 bits per heavy atom. The second kappa shape index (κ2) is 20.9. The fraction of sp³-hybridized carbons (Fsp3) is 1.00. The molecule has 134 valence electrons. The van der Waals surface area contributed by atoms with Crippen LogP contribution in [-0.2, 0) is 9.47 Å². The Balaban J connectivity index is 2.91. The lowest BCUT2D eigenvalue weighted by atomic mass is 10.1. The van der Waals surface area contributed by atoms with Crippen LogP contribution >= 0.6 is 0 Å². The summed E-state index contributed by atoms with van der Waals surface area (Å²) in [6, 6.07) is 0. The van der Waals surface area contributed by atoms with Gasteiger partial charge in [0.15, 0.2) is 0 Å². The van der Waals surface area contributed by atoms with Crippen LogP contribution in [0.1, 0.15) is 84.0 Å². The lowest BCUT2D eigenvalue weighted by Gasteiger charge is -2.06. The molecule has 0 radical (unpaired) electrons. The predicted molar refractivity (Wildman–Crippen MR) is 96.6 cm³/mol. The van der Waals surface area contributed by atoms with Crippen LogP contribution < -0.4 is 5.32 Å². The molecule has 0 saturated heterocycles. The third-order valence-corrected chi connectivity index (χ3v) is 4.06. The van der Waals surface area contributed by atoms with Crippen LogP contribution in [0.5, 0.6) is 0 Å². The van der Waals surface area contributed by atoms with E-state index in [1.165, 1.54) is 77.0 Å². The first-order chi connectivity index (χ1) is 10.9. The van der Waals surface area contributed by atoms with Crippen molar-refractivity contribution < 1.29 is 9.47 Å². The van der Waals surface area contributed by atoms with Gasteiger partial charge in [0.2, 0.25) is 0 Å². The molecule has 1 N–H and O–H groups in total. The first-order valence-electron chi connectivity index (χ1n) is 9.69. The van der Waals surface area contributed by atoms with E-state index in [1.54, 1.807) is 7.11 Å². The van der Waals surface area contributed by atoms with Gasteiger partial charge in [0.1, 0.15) is 0 Å². The largest absolute Gasteiger partial charge is 0.382 e. The van der Waals surface area contributed by atoms with Gasteiger partial charge in [-0.05, 0) is 13.0 Å². The van der Waals surface area contributed by atoms with Gasteiger partial charge >= 0.3 is 0 Å². The SMILES string of the molecule is CCCCCCCCCCCCCCNCCOCCOC. The number of unbranched alkanes of at least 4 members (excludes halogenated alkanes) is 11. The summed E-state index contributed by atoms with van der Waals surface area (Å²) in [7, 11) is 1.70. The van der Waals surface area contributed by atoms with E-state index >= 15 is 0 Å². The molecule has 0 aromatic carbocycles. The van der Waals surface area contributed by atoms with Gasteiger partial charge in [-0.15, -0.1) is 0 Å². The van der Waals surface area contributed by atoms with Gasteiger partial charge in [0, 0.05) is 13.7 Å². The van der Waals surface area contributed by atoms with Crippen LogP contribution in [0.15, 0.2) is 0 Å². The van der Waals surface area contributed by atoms with Crippen LogP contribution in [0.2, 0.25) is 0 Å². The molecule has 22 heavy (non-hydrogen) atoms. The highest BCUT2D eigenvalue weighted by molar-refractivity contribution is 4.51. The van der Waals surface area contributed by atoms with E-state index < -0.39 is 0 Å². The molecule has 0 aromatic heterocycles. The van der Waals surface area contributed by atoms with Crippen molar-refractivity contribution in [3.05, 3.63) is 0 Å². The standard InChI is InChI=1S/C19H41NO2/c1-3-4-5-6-7-8-9-10-11-12-13-14-15-20-16-17-22-19-18-21-2/h20H,3-19H2,1-2H3. The maximum absolute atomic E-state index is 5.40. The summed E-state index contributed by atoms with van der Waals surface area (Å²) in [4.78, 5) is 0. The molecule has 0 spiro atoms.